The van der Waals surface area contributed by atoms with E-state index in [9.17, 15) is 0 Å². The molecular formula is C15H17ClN2O2. The maximum absolute atomic E-state index is 6.08. The van der Waals surface area contributed by atoms with Crippen molar-refractivity contribution in [3.63, 3.8) is 0 Å². The molecule has 106 valence electrons. The number of anilines is 1. The number of hydrogen-bond donors (Lipinski definition) is 1. The number of halogens is 1. The summed E-state index contributed by atoms with van der Waals surface area (Å²) in [6, 6.07) is 7.52. The minimum absolute atomic E-state index is 0.521. The molecule has 20 heavy (non-hydrogen) atoms. The van der Waals surface area contributed by atoms with Crippen molar-refractivity contribution in [1.29, 1.82) is 0 Å². The molecule has 0 unspecified atom stereocenters. The van der Waals surface area contributed by atoms with Crippen LogP contribution in [0.15, 0.2) is 30.5 Å². The van der Waals surface area contributed by atoms with Crippen LogP contribution in [0.2, 0.25) is 5.02 Å². The second kappa shape index (κ2) is 6.48. The summed E-state index contributed by atoms with van der Waals surface area (Å²) in [4.78, 5) is 4.26. The van der Waals surface area contributed by atoms with Crippen molar-refractivity contribution in [2.75, 3.05) is 19.5 Å². The van der Waals surface area contributed by atoms with Gasteiger partial charge in [-0.3, -0.25) is 4.98 Å². The van der Waals surface area contributed by atoms with Crippen molar-refractivity contribution in [1.82, 2.24) is 4.98 Å². The molecule has 2 rings (SSSR count). The van der Waals surface area contributed by atoms with Crippen LogP contribution in [0.5, 0.6) is 11.5 Å². The molecular weight excluding hydrogens is 276 g/mol. The summed E-state index contributed by atoms with van der Waals surface area (Å²) >= 11 is 6.08. The number of pyridine rings is 1. The molecule has 0 bridgehead atoms. The van der Waals surface area contributed by atoms with E-state index in [1.165, 1.54) is 0 Å². The van der Waals surface area contributed by atoms with Crippen molar-refractivity contribution in [2.24, 2.45) is 0 Å². The first-order valence-electron chi connectivity index (χ1n) is 6.21. The zero-order chi connectivity index (χ0) is 14.5. The minimum Gasteiger partial charge on any atom is -0.495 e. The predicted molar refractivity (Wildman–Crippen MR) is 80.9 cm³/mol. The van der Waals surface area contributed by atoms with Gasteiger partial charge < -0.3 is 14.8 Å². The van der Waals surface area contributed by atoms with Crippen molar-refractivity contribution in [3.8, 4) is 11.5 Å². The maximum Gasteiger partial charge on any atom is 0.143 e. The Morgan fingerprint density at radius 3 is 2.60 bits per heavy atom. The zero-order valence-corrected chi connectivity index (χ0v) is 12.5. The number of aryl methyl sites for hydroxylation is 1. The van der Waals surface area contributed by atoms with Crippen LogP contribution in [0, 0.1) is 6.92 Å². The number of ether oxygens (including phenoxy) is 2. The number of methoxy groups -OCH3 is 2. The Morgan fingerprint density at radius 1 is 1.20 bits per heavy atom. The summed E-state index contributed by atoms with van der Waals surface area (Å²) in [6.45, 7) is 2.64. The van der Waals surface area contributed by atoms with E-state index in [-0.39, 0.29) is 0 Å². The molecule has 0 saturated carbocycles. The quantitative estimate of drug-likeness (QED) is 0.913. The molecule has 0 amide bonds. The van der Waals surface area contributed by atoms with Gasteiger partial charge in [-0.05, 0) is 18.6 Å². The van der Waals surface area contributed by atoms with Crippen LogP contribution in [0.1, 0.15) is 11.3 Å². The van der Waals surface area contributed by atoms with Crippen molar-refractivity contribution in [3.05, 3.63) is 46.7 Å². The molecule has 1 aromatic carbocycles. The summed E-state index contributed by atoms with van der Waals surface area (Å²) in [7, 11) is 3.20. The second-order valence-electron chi connectivity index (χ2n) is 4.29. The van der Waals surface area contributed by atoms with Gasteiger partial charge in [-0.2, -0.15) is 0 Å². The zero-order valence-electron chi connectivity index (χ0n) is 11.7. The Morgan fingerprint density at radius 2 is 1.95 bits per heavy atom. The molecule has 4 nitrogen and oxygen atoms in total. The number of rotatable bonds is 5. The lowest BCUT2D eigenvalue weighted by atomic mass is 10.2. The van der Waals surface area contributed by atoms with E-state index >= 15 is 0 Å². The first-order chi connectivity index (χ1) is 9.65. The number of benzene rings is 1. The topological polar surface area (TPSA) is 43.4 Å². The van der Waals surface area contributed by atoms with E-state index in [1.54, 1.807) is 26.5 Å². The van der Waals surface area contributed by atoms with Crippen LogP contribution in [-0.4, -0.2) is 19.2 Å². The SMILES string of the molecule is COc1cc(NCc2cccnc2C)c(OC)cc1Cl. The Balaban J connectivity index is 2.22. The summed E-state index contributed by atoms with van der Waals surface area (Å²) < 4.78 is 10.5. The van der Waals surface area contributed by atoms with Crippen molar-refractivity contribution in [2.45, 2.75) is 13.5 Å². The summed E-state index contributed by atoms with van der Waals surface area (Å²) in [5.74, 6) is 1.29. The Kier molecular flexibility index (Phi) is 4.69. The van der Waals surface area contributed by atoms with Crippen LogP contribution in [0.4, 0.5) is 5.69 Å². The van der Waals surface area contributed by atoms with Gasteiger partial charge in [0.1, 0.15) is 11.5 Å². The standard InChI is InChI=1S/C15H17ClN2O2/c1-10-11(5-4-6-17-10)9-18-13-8-14(19-2)12(16)7-15(13)20-3/h4-8,18H,9H2,1-3H3. The highest BCUT2D eigenvalue weighted by molar-refractivity contribution is 6.32. The van der Waals surface area contributed by atoms with E-state index in [2.05, 4.69) is 10.3 Å². The molecule has 0 aliphatic carbocycles. The normalized spacial score (nSPS) is 10.2. The molecule has 2 aromatic rings. The fourth-order valence-electron chi connectivity index (χ4n) is 1.89. The van der Waals surface area contributed by atoms with Gasteiger partial charge in [-0.25, -0.2) is 0 Å². The van der Waals surface area contributed by atoms with Gasteiger partial charge in [0.2, 0.25) is 0 Å². The van der Waals surface area contributed by atoms with Gasteiger partial charge in [0, 0.05) is 30.6 Å². The fourth-order valence-corrected chi connectivity index (χ4v) is 2.12. The predicted octanol–water partition coefficient (Wildman–Crippen LogP) is 3.67. The number of nitrogens with zero attached hydrogens (tertiary/aromatic N) is 1. The third kappa shape index (κ3) is 3.14. The molecule has 0 spiro atoms. The molecule has 0 aliphatic rings. The highest BCUT2D eigenvalue weighted by Crippen LogP contribution is 2.36. The smallest absolute Gasteiger partial charge is 0.143 e. The number of aromatic nitrogens is 1. The lowest BCUT2D eigenvalue weighted by Gasteiger charge is -2.14. The van der Waals surface area contributed by atoms with Gasteiger partial charge in [0.05, 0.1) is 24.9 Å². The highest BCUT2D eigenvalue weighted by atomic mass is 35.5. The molecule has 0 aliphatic heterocycles. The van der Waals surface area contributed by atoms with Crippen LogP contribution >= 0.6 is 11.6 Å². The third-order valence-electron chi connectivity index (χ3n) is 3.06. The van der Waals surface area contributed by atoms with Crippen molar-refractivity contribution < 1.29 is 9.47 Å². The minimum atomic E-state index is 0.521. The molecule has 1 N–H and O–H groups in total. The summed E-state index contributed by atoms with van der Waals surface area (Å²) in [5.41, 5.74) is 2.96. The van der Waals surface area contributed by atoms with Gasteiger partial charge in [0.15, 0.2) is 0 Å². The second-order valence-corrected chi connectivity index (χ2v) is 4.70. The lowest BCUT2D eigenvalue weighted by molar-refractivity contribution is 0.404. The third-order valence-corrected chi connectivity index (χ3v) is 3.35. The molecule has 0 radical (unpaired) electrons. The average molecular weight is 293 g/mol. The maximum atomic E-state index is 6.08. The van der Waals surface area contributed by atoms with E-state index in [0.717, 1.165) is 16.9 Å². The number of hydrogen-bond acceptors (Lipinski definition) is 4. The first kappa shape index (κ1) is 14.5. The monoisotopic (exact) mass is 292 g/mol. The molecule has 1 aromatic heterocycles. The average Bonchev–Trinajstić information content (AvgIpc) is 2.47. The Bertz CT molecular complexity index is 602. The lowest BCUT2D eigenvalue weighted by Crippen LogP contribution is -2.04. The fraction of sp³-hybridized carbons (Fsp3) is 0.267. The van der Waals surface area contributed by atoms with E-state index in [4.69, 9.17) is 21.1 Å². The molecule has 5 heteroatoms. The van der Waals surface area contributed by atoms with E-state index < -0.39 is 0 Å². The van der Waals surface area contributed by atoms with E-state index in [0.29, 0.717) is 23.1 Å². The Hall–Kier alpha value is -1.94. The van der Waals surface area contributed by atoms with E-state index in [1.807, 2.05) is 25.1 Å². The summed E-state index contributed by atoms with van der Waals surface area (Å²) in [5, 5.41) is 3.84. The molecule has 0 atom stereocenters. The van der Waals surface area contributed by atoms with Gasteiger partial charge >= 0.3 is 0 Å². The van der Waals surface area contributed by atoms with Gasteiger partial charge in [0.25, 0.3) is 0 Å². The van der Waals surface area contributed by atoms with Gasteiger partial charge in [-0.15, -0.1) is 0 Å². The Labute approximate surface area is 123 Å². The van der Waals surface area contributed by atoms with Crippen LogP contribution in [0.25, 0.3) is 0 Å². The highest BCUT2D eigenvalue weighted by Gasteiger charge is 2.10. The van der Waals surface area contributed by atoms with Crippen LogP contribution in [-0.2, 0) is 6.54 Å². The first-order valence-corrected chi connectivity index (χ1v) is 6.59. The summed E-state index contributed by atoms with van der Waals surface area (Å²) in [6.07, 6.45) is 1.78. The molecule has 0 fully saturated rings. The molecule has 0 saturated heterocycles. The molecule has 1 heterocycles. The largest absolute Gasteiger partial charge is 0.495 e. The van der Waals surface area contributed by atoms with Crippen LogP contribution < -0.4 is 14.8 Å². The van der Waals surface area contributed by atoms with Crippen LogP contribution in [0.3, 0.4) is 0 Å². The van der Waals surface area contributed by atoms with Gasteiger partial charge in [-0.1, -0.05) is 17.7 Å². The van der Waals surface area contributed by atoms with Crippen molar-refractivity contribution >= 4 is 17.3 Å². The number of nitrogens with one attached hydrogen (secondary N) is 1.